The van der Waals surface area contributed by atoms with Gasteiger partial charge in [-0.25, -0.2) is 4.79 Å². The van der Waals surface area contributed by atoms with E-state index < -0.39 is 0 Å². The topological polar surface area (TPSA) is 93.6 Å². The summed E-state index contributed by atoms with van der Waals surface area (Å²) in [5.74, 6) is 0.570. The molecule has 0 unspecified atom stereocenters. The maximum atomic E-state index is 12.9. The number of hydrogen-bond acceptors (Lipinski definition) is 5. The molecule has 5 N–H and O–H groups in total. The summed E-state index contributed by atoms with van der Waals surface area (Å²) in [6.07, 6.45) is 8.73. The summed E-state index contributed by atoms with van der Waals surface area (Å²) < 4.78 is 5.78. The summed E-state index contributed by atoms with van der Waals surface area (Å²) in [6.45, 7) is 4.38. The Morgan fingerprint density at radius 3 is 2.32 bits per heavy atom. The number of allylic oxidation sites excluding steroid dienone is 1. The van der Waals surface area contributed by atoms with Gasteiger partial charge in [0.25, 0.3) is 0 Å². The molecule has 0 atom stereocenters. The molecule has 0 aromatic heterocycles. The highest BCUT2D eigenvalue weighted by molar-refractivity contribution is 6.10. The van der Waals surface area contributed by atoms with Crippen LogP contribution in [0.4, 0.5) is 4.79 Å². The molecular formula is C28H39Cl3N4O2. The molecule has 3 aromatic carbocycles. The van der Waals surface area contributed by atoms with E-state index in [1.54, 1.807) is 4.90 Å². The summed E-state index contributed by atoms with van der Waals surface area (Å²) in [4.78, 5) is 14.7. The Labute approximate surface area is 238 Å². The van der Waals surface area contributed by atoms with Gasteiger partial charge in [0.1, 0.15) is 5.75 Å². The van der Waals surface area contributed by atoms with Crippen molar-refractivity contribution in [1.82, 2.24) is 10.2 Å². The number of fused-ring (bicyclic) bond motifs is 5. The number of benzene rings is 3. The SMILES string of the molecule is Cl.Cl.Cl.NCCCNCCCCN(CCCN)C(=O)Oc1ccc2c(ccc3c4c(ccc32)C=CC4)c1. The van der Waals surface area contributed by atoms with Gasteiger partial charge >= 0.3 is 6.09 Å². The second-order valence-corrected chi connectivity index (χ2v) is 8.88. The van der Waals surface area contributed by atoms with Gasteiger partial charge in [0.05, 0.1) is 0 Å². The zero-order valence-corrected chi connectivity index (χ0v) is 23.6. The first-order valence-electron chi connectivity index (χ1n) is 12.4. The Morgan fingerprint density at radius 2 is 1.54 bits per heavy atom. The standard InChI is InChI=1S/C28H36N4O2.3ClH/c29-14-4-17-31-16-1-2-18-32(19-5-15-30)28(33)34-23-10-13-25-22(20-23)9-12-26-24-7-3-6-21(24)8-11-27(25)26;;;/h3,6,8-13,20,31H,1-2,4-5,7,14-19,29-30H2;3*1H. The van der Waals surface area contributed by atoms with Crippen molar-refractivity contribution in [1.29, 1.82) is 0 Å². The quantitative estimate of drug-likeness (QED) is 0.192. The van der Waals surface area contributed by atoms with Crippen LogP contribution >= 0.6 is 37.2 Å². The Kier molecular flexibility index (Phi) is 14.9. The summed E-state index contributed by atoms with van der Waals surface area (Å²) >= 11 is 0. The van der Waals surface area contributed by atoms with Crippen LogP contribution in [0.25, 0.3) is 27.6 Å². The molecule has 204 valence electrons. The van der Waals surface area contributed by atoms with E-state index >= 15 is 0 Å². The number of nitrogens with two attached hydrogens (primary N) is 2. The number of unbranched alkanes of at least 4 members (excludes halogenated alkanes) is 1. The second-order valence-electron chi connectivity index (χ2n) is 8.88. The lowest BCUT2D eigenvalue weighted by Gasteiger charge is -2.22. The number of carbonyl (C=O) groups excluding carboxylic acids is 1. The highest BCUT2D eigenvalue weighted by Gasteiger charge is 2.16. The fourth-order valence-electron chi connectivity index (χ4n) is 4.60. The molecule has 6 nitrogen and oxygen atoms in total. The van der Waals surface area contributed by atoms with E-state index in [9.17, 15) is 4.79 Å². The first kappa shape index (κ1) is 33.0. The van der Waals surface area contributed by atoms with Gasteiger partial charge < -0.3 is 26.4 Å². The van der Waals surface area contributed by atoms with E-state index in [-0.39, 0.29) is 43.3 Å². The third kappa shape index (κ3) is 8.47. The van der Waals surface area contributed by atoms with Crippen LogP contribution in [0.3, 0.4) is 0 Å². The maximum absolute atomic E-state index is 12.9. The summed E-state index contributed by atoms with van der Waals surface area (Å²) in [7, 11) is 0. The summed E-state index contributed by atoms with van der Waals surface area (Å²) in [6, 6.07) is 14.6. The first-order chi connectivity index (χ1) is 16.7. The maximum Gasteiger partial charge on any atom is 0.415 e. The fourth-order valence-corrected chi connectivity index (χ4v) is 4.60. The van der Waals surface area contributed by atoms with Crippen LogP contribution in [0.1, 0.15) is 36.8 Å². The van der Waals surface area contributed by atoms with Crippen molar-refractivity contribution in [3.05, 3.63) is 59.7 Å². The molecule has 0 radical (unpaired) electrons. The van der Waals surface area contributed by atoms with Crippen LogP contribution < -0.4 is 21.5 Å². The molecule has 1 aliphatic carbocycles. The molecule has 1 amide bonds. The number of rotatable bonds is 12. The van der Waals surface area contributed by atoms with Crippen molar-refractivity contribution in [3.8, 4) is 5.75 Å². The van der Waals surface area contributed by atoms with Crippen LogP contribution in [-0.2, 0) is 6.42 Å². The highest BCUT2D eigenvalue weighted by Crippen LogP contribution is 2.34. The normalized spacial score (nSPS) is 11.4. The van der Waals surface area contributed by atoms with E-state index in [1.165, 1.54) is 27.3 Å². The van der Waals surface area contributed by atoms with Crippen LogP contribution in [0.2, 0.25) is 0 Å². The van der Waals surface area contributed by atoms with Crippen LogP contribution in [0.15, 0.2) is 48.5 Å². The van der Waals surface area contributed by atoms with E-state index in [1.807, 2.05) is 12.1 Å². The zero-order valence-electron chi connectivity index (χ0n) is 21.1. The highest BCUT2D eigenvalue weighted by atomic mass is 35.5. The molecule has 37 heavy (non-hydrogen) atoms. The molecule has 9 heteroatoms. The molecule has 3 aromatic rings. The second kappa shape index (κ2) is 16.7. The lowest BCUT2D eigenvalue weighted by atomic mass is 9.96. The smallest absolute Gasteiger partial charge is 0.410 e. The van der Waals surface area contributed by atoms with Gasteiger partial charge in [0, 0.05) is 13.1 Å². The van der Waals surface area contributed by atoms with E-state index in [0.29, 0.717) is 31.9 Å². The lowest BCUT2D eigenvalue weighted by Crippen LogP contribution is -2.36. The van der Waals surface area contributed by atoms with Crippen LogP contribution in [0, 0.1) is 0 Å². The van der Waals surface area contributed by atoms with Gasteiger partial charge in [0.15, 0.2) is 0 Å². The van der Waals surface area contributed by atoms with Gasteiger partial charge in [-0.05, 0) is 103 Å². The number of amides is 1. The van der Waals surface area contributed by atoms with Crippen molar-refractivity contribution in [3.63, 3.8) is 0 Å². The molecule has 0 heterocycles. The fraction of sp³-hybridized carbons (Fsp3) is 0.393. The Bertz CT molecular complexity index is 1170. The number of nitrogens with zero attached hydrogens (tertiary/aromatic N) is 1. The summed E-state index contributed by atoms with van der Waals surface area (Å²) in [5, 5.41) is 8.16. The number of ether oxygens (including phenoxy) is 1. The molecule has 0 saturated heterocycles. The van der Waals surface area contributed by atoms with Crippen molar-refractivity contribution in [2.24, 2.45) is 11.5 Å². The van der Waals surface area contributed by atoms with Gasteiger partial charge in [-0.3, -0.25) is 0 Å². The van der Waals surface area contributed by atoms with Crippen LogP contribution in [-0.4, -0.2) is 50.3 Å². The van der Waals surface area contributed by atoms with Crippen LogP contribution in [0.5, 0.6) is 5.75 Å². The van der Waals surface area contributed by atoms with Gasteiger partial charge in [-0.2, -0.15) is 0 Å². The zero-order chi connectivity index (χ0) is 23.8. The summed E-state index contributed by atoms with van der Waals surface area (Å²) in [5.41, 5.74) is 13.9. The molecule has 1 aliphatic rings. The lowest BCUT2D eigenvalue weighted by molar-refractivity contribution is 0.151. The third-order valence-corrected chi connectivity index (χ3v) is 6.44. The molecule has 4 rings (SSSR count). The van der Waals surface area contributed by atoms with E-state index in [4.69, 9.17) is 16.2 Å². The van der Waals surface area contributed by atoms with Crippen molar-refractivity contribution in [2.75, 3.05) is 39.3 Å². The molecule has 0 saturated carbocycles. The molecular weight excluding hydrogens is 531 g/mol. The third-order valence-electron chi connectivity index (χ3n) is 6.44. The van der Waals surface area contributed by atoms with E-state index in [0.717, 1.165) is 50.6 Å². The molecule has 0 spiro atoms. The molecule has 0 aliphatic heterocycles. The van der Waals surface area contributed by atoms with Crippen molar-refractivity contribution < 1.29 is 9.53 Å². The average molecular weight is 570 g/mol. The monoisotopic (exact) mass is 568 g/mol. The number of hydrogen-bond donors (Lipinski definition) is 3. The van der Waals surface area contributed by atoms with Gasteiger partial charge in [-0.15, -0.1) is 37.2 Å². The van der Waals surface area contributed by atoms with Gasteiger partial charge in [-0.1, -0.05) is 42.5 Å². The predicted molar refractivity (Wildman–Crippen MR) is 163 cm³/mol. The molecule has 0 bridgehead atoms. The Balaban J connectivity index is 0.00000228. The number of nitrogens with one attached hydrogen (secondary N) is 1. The largest absolute Gasteiger partial charge is 0.415 e. The Hall–Kier alpha value is -2.06. The number of carbonyl (C=O) groups is 1. The first-order valence-corrected chi connectivity index (χ1v) is 12.4. The minimum atomic E-state index is -0.312. The number of halogens is 3. The van der Waals surface area contributed by atoms with E-state index in [2.05, 4.69) is 47.8 Å². The minimum Gasteiger partial charge on any atom is -0.410 e. The van der Waals surface area contributed by atoms with Crippen molar-refractivity contribution >= 4 is 70.9 Å². The predicted octanol–water partition coefficient (Wildman–Crippen LogP) is 5.70. The van der Waals surface area contributed by atoms with Gasteiger partial charge in [0.2, 0.25) is 0 Å². The minimum absolute atomic E-state index is 0. The Morgan fingerprint density at radius 1 is 0.838 bits per heavy atom. The average Bonchev–Trinajstić information content (AvgIpc) is 3.34. The molecule has 0 fully saturated rings. The van der Waals surface area contributed by atoms with Crippen molar-refractivity contribution in [2.45, 2.75) is 32.1 Å².